The van der Waals surface area contributed by atoms with Crippen molar-refractivity contribution in [3.8, 4) is 0 Å². The van der Waals surface area contributed by atoms with E-state index < -0.39 is 10.5 Å². The smallest absolute Gasteiger partial charge is 0.253 e. The van der Waals surface area contributed by atoms with E-state index in [0.29, 0.717) is 5.69 Å². The van der Waals surface area contributed by atoms with Crippen LogP contribution in [0.2, 0.25) is 5.02 Å². The number of benzene rings is 1. The molecule has 3 unspecified atom stereocenters. The van der Waals surface area contributed by atoms with E-state index in [2.05, 4.69) is 28.9 Å². The molecule has 0 aromatic heterocycles. The van der Waals surface area contributed by atoms with E-state index in [-0.39, 0.29) is 53.1 Å². The number of alkyl halides is 2. The number of allylic oxidation sites excluding steroid dienone is 4. The Labute approximate surface area is 185 Å². The SMILES string of the molecule is CC1(F)CC(NC(=O)c2cc(NC(=O)C3C(C4=CCCC=C4)C3(C)Cl)ccc2Cl)C1. The van der Waals surface area contributed by atoms with E-state index in [9.17, 15) is 14.0 Å². The van der Waals surface area contributed by atoms with Gasteiger partial charge in [-0.05, 0) is 50.5 Å². The summed E-state index contributed by atoms with van der Waals surface area (Å²) < 4.78 is 13.7. The molecule has 7 heteroatoms. The van der Waals surface area contributed by atoms with Crippen molar-refractivity contribution >= 4 is 40.7 Å². The Balaban J connectivity index is 1.43. The Morgan fingerprint density at radius 1 is 1.20 bits per heavy atom. The number of rotatable bonds is 5. The fourth-order valence-corrected chi connectivity index (χ4v) is 5.22. The van der Waals surface area contributed by atoms with Gasteiger partial charge < -0.3 is 10.6 Å². The first-order valence-corrected chi connectivity index (χ1v) is 11.0. The maximum atomic E-state index is 13.7. The number of amides is 2. The molecule has 0 spiro atoms. The number of anilines is 1. The van der Waals surface area contributed by atoms with Crippen molar-refractivity contribution in [2.45, 2.75) is 56.1 Å². The lowest BCUT2D eigenvalue weighted by Crippen LogP contribution is -2.51. The zero-order valence-corrected chi connectivity index (χ0v) is 18.5. The van der Waals surface area contributed by atoms with Gasteiger partial charge >= 0.3 is 0 Å². The molecule has 1 aromatic rings. The molecule has 2 saturated carbocycles. The number of hydrogen-bond acceptors (Lipinski definition) is 2. The van der Waals surface area contributed by atoms with Crippen molar-refractivity contribution < 1.29 is 14.0 Å². The summed E-state index contributed by atoms with van der Waals surface area (Å²) in [7, 11) is 0. The van der Waals surface area contributed by atoms with Crippen LogP contribution in [0.3, 0.4) is 0 Å². The highest BCUT2D eigenvalue weighted by atomic mass is 35.5. The van der Waals surface area contributed by atoms with Crippen LogP contribution in [0.5, 0.6) is 0 Å². The molecular formula is C23H25Cl2FN2O2. The summed E-state index contributed by atoms with van der Waals surface area (Å²) in [6.45, 7) is 3.40. The van der Waals surface area contributed by atoms with Gasteiger partial charge in [0.15, 0.2) is 0 Å². The standard InChI is InChI=1S/C23H25Cl2FN2O2/c1-22(26)11-15(12-22)28-20(29)16-10-14(8-9-17(16)24)27-21(30)19-18(23(19,2)25)13-6-4-3-5-7-13/h4,6-10,15,18-19H,3,5,11-12H2,1-2H3,(H,27,30)(H,28,29). The average Bonchev–Trinajstić information content (AvgIpc) is 3.24. The van der Waals surface area contributed by atoms with Gasteiger partial charge in [-0.1, -0.05) is 29.8 Å². The molecule has 2 N–H and O–H groups in total. The largest absolute Gasteiger partial charge is 0.349 e. The average molecular weight is 451 g/mol. The van der Waals surface area contributed by atoms with Crippen LogP contribution in [0.1, 0.15) is 49.9 Å². The van der Waals surface area contributed by atoms with Gasteiger partial charge in [0.25, 0.3) is 5.91 Å². The van der Waals surface area contributed by atoms with E-state index >= 15 is 0 Å². The molecular weight excluding hydrogens is 426 g/mol. The molecule has 30 heavy (non-hydrogen) atoms. The van der Waals surface area contributed by atoms with E-state index in [0.717, 1.165) is 18.4 Å². The van der Waals surface area contributed by atoms with Crippen molar-refractivity contribution in [2.24, 2.45) is 11.8 Å². The van der Waals surface area contributed by atoms with Crippen LogP contribution in [0, 0.1) is 11.8 Å². The highest BCUT2D eigenvalue weighted by molar-refractivity contribution is 6.34. The lowest BCUT2D eigenvalue weighted by molar-refractivity contribution is -0.117. The first-order valence-electron chi connectivity index (χ1n) is 10.2. The molecule has 4 rings (SSSR count). The first-order chi connectivity index (χ1) is 14.1. The van der Waals surface area contributed by atoms with Crippen LogP contribution in [0.25, 0.3) is 0 Å². The molecule has 1 aromatic carbocycles. The number of halogens is 3. The summed E-state index contributed by atoms with van der Waals surface area (Å²) in [5.41, 5.74) is 0.608. The fourth-order valence-electron chi connectivity index (χ4n) is 4.60. The van der Waals surface area contributed by atoms with Crippen LogP contribution < -0.4 is 10.6 Å². The molecule has 0 heterocycles. The molecule has 3 aliphatic carbocycles. The summed E-state index contributed by atoms with van der Waals surface area (Å²) in [4.78, 5) is 24.8. The first kappa shape index (κ1) is 21.4. The number of carbonyl (C=O) groups excluding carboxylic acids is 2. The van der Waals surface area contributed by atoms with Gasteiger partial charge in [0, 0.05) is 30.5 Å². The molecule has 4 nitrogen and oxygen atoms in total. The number of hydrogen-bond donors (Lipinski definition) is 2. The molecule has 0 saturated heterocycles. The third-order valence-corrected chi connectivity index (χ3v) is 7.06. The summed E-state index contributed by atoms with van der Waals surface area (Å²) in [6.07, 6.45) is 8.84. The number of carbonyl (C=O) groups is 2. The Kier molecular flexibility index (Phi) is 5.48. The lowest BCUT2D eigenvalue weighted by atomic mass is 9.79. The third kappa shape index (κ3) is 4.15. The van der Waals surface area contributed by atoms with Gasteiger partial charge in [-0.2, -0.15) is 0 Å². The van der Waals surface area contributed by atoms with Crippen molar-refractivity contribution in [1.29, 1.82) is 0 Å². The second-order valence-electron chi connectivity index (χ2n) is 8.97. The minimum absolute atomic E-state index is 0.0283. The van der Waals surface area contributed by atoms with Gasteiger partial charge in [-0.15, -0.1) is 11.6 Å². The molecule has 2 fully saturated rings. The minimum atomic E-state index is -1.23. The summed E-state index contributed by atoms with van der Waals surface area (Å²) >= 11 is 12.8. The molecule has 2 amide bonds. The third-order valence-electron chi connectivity index (χ3n) is 6.26. The molecule has 3 atom stereocenters. The second kappa shape index (κ2) is 7.69. The van der Waals surface area contributed by atoms with E-state index in [1.54, 1.807) is 18.2 Å². The van der Waals surface area contributed by atoms with E-state index in [1.807, 2.05) is 6.92 Å². The molecule has 160 valence electrons. The maximum absolute atomic E-state index is 13.7. The van der Waals surface area contributed by atoms with Gasteiger partial charge in [0.1, 0.15) is 5.67 Å². The fraction of sp³-hybridized carbons (Fsp3) is 0.478. The monoisotopic (exact) mass is 450 g/mol. The van der Waals surface area contributed by atoms with Crippen molar-refractivity contribution in [1.82, 2.24) is 5.32 Å². The van der Waals surface area contributed by atoms with Crippen molar-refractivity contribution in [3.05, 3.63) is 52.6 Å². The Bertz CT molecular complexity index is 947. The van der Waals surface area contributed by atoms with Crippen molar-refractivity contribution in [3.63, 3.8) is 0 Å². The van der Waals surface area contributed by atoms with Gasteiger partial charge in [-0.25, -0.2) is 4.39 Å². The summed E-state index contributed by atoms with van der Waals surface area (Å²) in [5.74, 6) is -0.934. The van der Waals surface area contributed by atoms with Crippen LogP contribution in [0.4, 0.5) is 10.1 Å². The quantitative estimate of drug-likeness (QED) is 0.588. The molecule has 0 aliphatic heterocycles. The Morgan fingerprint density at radius 2 is 1.93 bits per heavy atom. The predicted octanol–water partition coefficient (Wildman–Crippen LogP) is 5.42. The van der Waals surface area contributed by atoms with Gasteiger partial charge in [0.05, 0.1) is 21.4 Å². The van der Waals surface area contributed by atoms with E-state index in [1.165, 1.54) is 6.92 Å². The normalized spacial score (nSPS) is 34.6. The predicted molar refractivity (Wildman–Crippen MR) is 118 cm³/mol. The summed E-state index contributed by atoms with van der Waals surface area (Å²) in [5, 5.41) is 5.94. The highest BCUT2D eigenvalue weighted by Gasteiger charge is 2.65. The van der Waals surface area contributed by atoms with Crippen molar-refractivity contribution in [2.75, 3.05) is 5.32 Å². The molecule has 0 radical (unpaired) electrons. The zero-order valence-electron chi connectivity index (χ0n) is 17.0. The van der Waals surface area contributed by atoms with Gasteiger partial charge in [0.2, 0.25) is 5.91 Å². The summed E-state index contributed by atoms with van der Waals surface area (Å²) in [6, 6.07) is 4.57. The van der Waals surface area contributed by atoms with E-state index in [4.69, 9.17) is 23.2 Å². The minimum Gasteiger partial charge on any atom is -0.349 e. The lowest BCUT2D eigenvalue weighted by Gasteiger charge is -2.39. The van der Waals surface area contributed by atoms with Crippen LogP contribution in [-0.2, 0) is 4.79 Å². The zero-order chi connectivity index (χ0) is 21.7. The van der Waals surface area contributed by atoms with Crippen LogP contribution in [-0.4, -0.2) is 28.4 Å². The molecule has 0 bridgehead atoms. The number of nitrogens with one attached hydrogen (secondary N) is 2. The molecule has 3 aliphatic rings. The topological polar surface area (TPSA) is 58.2 Å². The van der Waals surface area contributed by atoms with Crippen LogP contribution in [0.15, 0.2) is 42.0 Å². The Hall–Kier alpha value is -1.85. The highest BCUT2D eigenvalue weighted by Crippen LogP contribution is 2.60. The Morgan fingerprint density at radius 3 is 2.57 bits per heavy atom. The second-order valence-corrected chi connectivity index (χ2v) is 10.2. The van der Waals surface area contributed by atoms with Gasteiger partial charge in [-0.3, -0.25) is 9.59 Å². The maximum Gasteiger partial charge on any atom is 0.253 e. The van der Waals surface area contributed by atoms with Crippen LogP contribution >= 0.6 is 23.2 Å².